The molecule has 490 valence electrons. The molecule has 15 aromatic carbocycles. The van der Waals surface area contributed by atoms with Gasteiger partial charge in [0.2, 0.25) is 0 Å². The molecule has 1 atom stereocenters. The SMILES string of the molecule is C=Cc1ccc(Oc2ccc(C3(c4ccccc4)c4ccccc4-c4ccc(N(c5ccccc5)c5ccc(-c6ccc(N(c7ccccc7)c7ccc8c(c7)C(c7ccc(Oc9ccc(C=C)cc9)cc7)(c7ccc(Oc9ccc(C=C)cc9)cc7)c7ccccc7-8)cc6)cc5)cc43)cc2)cc1. The van der Waals surface area contributed by atoms with Crippen molar-refractivity contribution < 1.29 is 14.2 Å². The van der Waals surface area contributed by atoms with Crippen molar-refractivity contribution in [2.24, 2.45) is 0 Å². The number of anilines is 6. The minimum atomic E-state index is -0.757. The highest BCUT2D eigenvalue weighted by Gasteiger charge is 2.48. The van der Waals surface area contributed by atoms with Crippen LogP contribution in [0.1, 0.15) is 61.2 Å². The number of hydrogen-bond donors (Lipinski definition) is 0. The van der Waals surface area contributed by atoms with Crippen LogP contribution in [0, 0.1) is 0 Å². The summed E-state index contributed by atoms with van der Waals surface area (Å²) in [7, 11) is 0. The molecule has 2 aliphatic rings. The zero-order valence-electron chi connectivity index (χ0n) is 56.7. The van der Waals surface area contributed by atoms with E-state index in [2.05, 4.69) is 327 Å². The molecule has 1 unspecified atom stereocenters. The second-order valence-corrected chi connectivity index (χ2v) is 26.1. The minimum Gasteiger partial charge on any atom is -0.457 e. The molecule has 0 heterocycles. The predicted octanol–water partition coefficient (Wildman–Crippen LogP) is 26.3. The topological polar surface area (TPSA) is 34.2 Å². The van der Waals surface area contributed by atoms with E-state index in [4.69, 9.17) is 14.2 Å². The normalized spacial score (nSPS) is 13.5. The van der Waals surface area contributed by atoms with Crippen molar-refractivity contribution in [3.05, 3.63) is 451 Å². The molecule has 0 N–H and O–H groups in total. The summed E-state index contributed by atoms with van der Waals surface area (Å²) < 4.78 is 19.4. The lowest BCUT2D eigenvalue weighted by Crippen LogP contribution is -2.28. The Kier molecular flexibility index (Phi) is 16.5. The summed E-state index contributed by atoms with van der Waals surface area (Å²) in [5.41, 5.74) is 24.3. The molecule has 15 aromatic rings. The molecule has 0 spiro atoms. The van der Waals surface area contributed by atoms with Crippen LogP contribution in [-0.2, 0) is 10.8 Å². The zero-order valence-corrected chi connectivity index (χ0v) is 56.7. The first-order valence-electron chi connectivity index (χ1n) is 34.8. The number of benzene rings is 15. The number of rotatable bonds is 20. The van der Waals surface area contributed by atoms with Crippen molar-refractivity contribution in [3.8, 4) is 67.9 Å². The summed E-state index contributed by atoms with van der Waals surface area (Å²) in [5, 5.41) is 0. The van der Waals surface area contributed by atoms with Crippen LogP contribution in [0.4, 0.5) is 34.1 Å². The highest BCUT2D eigenvalue weighted by molar-refractivity contribution is 5.92. The van der Waals surface area contributed by atoms with Gasteiger partial charge in [-0.15, -0.1) is 0 Å². The average Bonchev–Trinajstić information content (AvgIpc) is 1.56. The Hall–Kier alpha value is -13.5. The molecule has 0 fully saturated rings. The number of fused-ring (bicyclic) bond motifs is 6. The van der Waals surface area contributed by atoms with Crippen molar-refractivity contribution >= 4 is 52.4 Å². The van der Waals surface area contributed by atoms with Gasteiger partial charge in [-0.25, -0.2) is 0 Å². The van der Waals surface area contributed by atoms with Crippen LogP contribution in [0.3, 0.4) is 0 Å². The second-order valence-electron chi connectivity index (χ2n) is 26.1. The van der Waals surface area contributed by atoms with Gasteiger partial charge in [0.05, 0.1) is 10.8 Å². The van der Waals surface area contributed by atoms with Crippen molar-refractivity contribution in [1.82, 2.24) is 0 Å². The van der Waals surface area contributed by atoms with E-state index < -0.39 is 10.8 Å². The fourth-order valence-corrected chi connectivity index (χ4v) is 15.5. The Morgan fingerprint density at radius 2 is 0.466 bits per heavy atom. The first-order valence-corrected chi connectivity index (χ1v) is 34.8. The maximum Gasteiger partial charge on any atom is 0.127 e. The van der Waals surface area contributed by atoms with Gasteiger partial charge >= 0.3 is 0 Å². The molecule has 0 aromatic heterocycles. The van der Waals surface area contributed by atoms with Gasteiger partial charge < -0.3 is 24.0 Å². The van der Waals surface area contributed by atoms with Crippen molar-refractivity contribution in [2.75, 3.05) is 9.80 Å². The van der Waals surface area contributed by atoms with Crippen LogP contribution in [0.5, 0.6) is 34.5 Å². The van der Waals surface area contributed by atoms with E-state index in [9.17, 15) is 0 Å². The Bertz CT molecular complexity index is 5490. The third-order valence-corrected chi connectivity index (χ3v) is 20.3. The lowest BCUT2D eigenvalue weighted by atomic mass is 9.67. The summed E-state index contributed by atoms with van der Waals surface area (Å²) in [6, 6.07) is 132. The summed E-state index contributed by atoms with van der Waals surface area (Å²) in [4.78, 5) is 4.75. The van der Waals surface area contributed by atoms with Crippen LogP contribution in [0.25, 0.3) is 51.6 Å². The molecule has 0 aliphatic heterocycles. The Labute approximate surface area is 602 Å². The van der Waals surface area contributed by atoms with Crippen molar-refractivity contribution in [3.63, 3.8) is 0 Å². The minimum absolute atomic E-state index is 0.647. The molecule has 5 heteroatoms. The number of para-hydroxylation sites is 2. The van der Waals surface area contributed by atoms with Crippen molar-refractivity contribution in [1.29, 1.82) is 0 Å². The van der Waals surface area contributed by atoms with Crippen LogP contribution in [0.2, 0.25) is 0 Å². The average molecular weight is 1320 g/mol. The summed E-state index contributed by atoms with van der Waals surface area (Å²) >= 11 is 0. The predicted molar refractivity (Wildman–Crippen MR) is 426 cm³/mol. The third-order valence-electron chi connectivity index (χ3n) is 20.3. The van der Waals surface area contributed by atoms with Gasteiger partial charge in [0.15, 0.2) is 0 Å². The second kappa shape index (κ2) is 27.0. The molecule has 17 rings (SSSR count). The van der Waals surface area contributed by atoms with E-state index in [1.54, 1.807) is 0 Å². The maximum absolute atomic E-state index is 6.49. The summed E-state index contributed by atoms with van der Waals surface area (Å²) in [6.07, 6.45) is 5.52. The van der Waals surface area contributed by atoms with Crippen LogP contribution < -0.4 is 24.0 Å². The van der Waals surface area contributed by atoms with E-state index in [0.717, 1.165) is 113 Å². The van der Waals surface area contributed by atoms with Gasteiger partial charge in [-0.1, -0.05) is 262 Å². The van der Waals surface area contributed by atoms with Crippen LogP contribution in [-0.4, -0.2) is 0 Å². The third kappa shape index (κ3) is 11.5. The van der Waals surface area contributed by atoms with E-state index in [-0.39, 0.29) is 0 Å². The monoisotopic (exact) mass is 1320 g/mol. The molecule has 5 nitrogen and oxygen atoms in total. The molecule has 0 amide bonds. The highest BCUT2D eigenvalue weighted by atomic mass is 16.5. The van der Waals surface area contributed by atoms with E-state index in [1.165, 1.54) is 50.1 Å². The quantitative estimate of drug-likeness (QED) is 0.0760. The smallest absolute Gasteiger partial charge is 0.127 e. The summed E-state index contributed by atoms with van der Waals surface area (Å²) in [6.45, 7) is 11.8. The molecule has 0 saturated heterocycles. The number of hydrogen-bond acceptors (Lipinski definition) is 5. The van der Waals surface area contributed by atoms with Gasteiger partial charge in [-0.2, -0.15) is 0 Å². The molecule has 0 bridgehead atoms. The van der Waals surface area contributed by atoms with Gasteiger partial charge in [-0.05, 0) is 240 Å². The summed E-state index contributed by atoms with van der Waals surface area (Å²) in [5.74, 6) is 4.53. The zero-order chi connectivity index (χ0) is 69.3. The van der Waals surface area contributed by atoms with Gasteiger partial charge in [0, 0.05) is 34.1 Å². The van der Waals surface area contributed by atoms with Gasteiger partial charge in [-0.3, -0.25) is 0 Å². The van der Waals surface area contributed by atoms with E-state index in [1.807, 2.05) is 91.0 Å². The van der Waals surface area contributed by atoms with E-state index in [0.29, 0.717) is 0 Å². The van der Waals surface area contributed by atoms with Crippen LogP contribution in [0.15, 0.2) is 390 Å². The molecule has 2 aliphatic carbocycles. The maximum atomic E-state index is 6.49. The van der Waals surface area contributed by atoms with Gasteiger partial charge in [0.1, 0.15) is 34.5 Å². The fraction of sp³-hybridized carbons (Fsp3) is 0.0204. The molecular formula is C98H70N2O3. The lowest BCUT2D eigenvalue weighted by molar-refractivity contribution is 0.481. The lowest BCUT2D eigenvalue weighted by Gasteiger charge is -2.35. The largest absolute Gasteiger partial charge is 0.457 e. The van der Waals surface area contributed by atoms with Gasteiger partial charge in [0.25, 0.3) is 0 Å². The van der Waals surface area contributed by atoms with Crippen molar-refractivity contribution in [2.45, 2.75) is 10.8 Å². The number of nitrogens with zero attached hydrogens (tertiary/aromatic N) is 2. The van der Waals surface area contributed by atoms with Crippen LogP contribution >= 0.6 is 0 Å². The highest BCUT2D eigenvalue weighted by Crippen LogP contribution is 2.60. The Balaban J connectivity index is 0.725. The Morgan fingerprint density at radius 1 is 0.214 bits per heavy atom. The molecule has 0 radical (unpaired) electrons. The molecular weight excluding hydrogens is 1250 g/mol. The first-order chi connectivity index (χ1) is 50.9. The standard InChI is InChI=1S/C98H70N2O3/c1-4-68-30-52-83(53-31-68)101-86-58-40-74(41-59-86)97(73-20-10-7-11-21-73)93-28-18-16-26-89(93)91-64-50-81(66-95(91)97)99(77-22-12-8-13-23-77)79-46-36-71(37-47-79)72-38-48-80(49-39-72)100(78-24-14-9-15-25-78)82-51-65-92-90-27-17-19-29-94(90)98(96(92)67-82,75-42-60-87(61-43-75)102-84-54-32-69(5-2)33-55-84)76-44-62-88(63-45-76)103-85-56-34-70(6-3)35-57-85/h4-67H,1-3H2. The number of ether oxygens (including phenoxy) is 3. The molecule has 0 saturated carbocycles. The molecule has 103 heavy (non-hydrogen) atoms. The Morgan fingerprint density at radius 3 is 0.786 bits per heavy atom. The van der Waals surface area contributed by atoms with E-state index >= 15 is 0 Å². The fourth-order valence-electron chi connectivity index (χ4n) is 15.5. The first kappa shape index (κ1) is 63.0.